The van der Waals surface area contributed by atoms with E-state index in [1.807, 2.05) is 31.2 Å². The summed E-state index contributed by atoms with van der Waals surface area (Å²) in [6, 6.07) is 7.90. The van der Waals surface area contributed by atoms with E-state index in [-0.39, 0.29) is 5.91 Å². The molecule has 1 amide bonds. The van der Waals surface area contributed by atoms with Gasteiger partial charge in [0, 0.05) is 36.1 Å². The molecule has 2 heterocycles. The van der Waals surface area contributed by atoms with Gasteiger partial charge in [0.25, 0.3) is 0 Å². The molecule has 0 saturated carbocycles. The monoisotopic (exact) mass is 329 g/mol. The Morgan fingerprint density at radius 3 is 2.65 bits per heavy atom. The van der Waals surface area contributed by atoms with Crippen molar-refractivity contribution < 1.29 is 4.79 Å². The molecule has 122 valence electrons. The summed E-state index contributed by atoms with van der Waals surface area (Å²) in [5.74, 6) is 0.865. The van der Waals surface area contributed by atoms with Crippen LogP contribution in [-0.2, 0) is 4.79 Å². The molecule has 1 aliphatic heterocycles. The number of anilines is 2. The molecule has 4 nitrogen and oxygen atoms in total. The van der Waals surface area contributed by atoms with Crippen molar-refractivity contribution in [3.05, 3.63) is 29.6 Å². The second kappa shape index (κ2) is 7.13. The lowest BCUT2D eigenvalue weighted by Gasteiger charge is -2.29. The van der Waals surface area contributed by atoms with E-state index in [0.717, 1.165) is 41.1 Å². The zero-order valence-electron chi connectivity index (χ0n) is 13.7. The molecule has 2 aromatic rings. The Bertz CT molecular complexity index is 657. The minimum atomic E-state index is 0.0352. The van der Waals surface area contributed by atoms with E-state index in [0.29, 0.717) is 6.42 Å². The van der Waals surface area contributed by atoms with Crippen molar-refractivity contribution in [3.63, 3.8) is 0 Å². The lowest BCUT2D eigenvalue weighted by molar-refractivity contribution is -0.115. The molecule has 1 saturated heterocycles. The molecule has 3 rings (SSSR count). The molecule has 1 aliphatic rings. The Kier molecular flexibility index (Phi) is 4.96. The van der Waals surface area contributed by atoms with Crippen LogP contribution in [0.2, 0.25) is 0 Å². The minimum Gasteiger partial charge on any atom is -0.348 e. The summed E-state index contributed by atoms with van der Waals surface area (Å²) in [4.78, 5) is 18.6. The number of nitrogens with one attached hydrogen (secondary N) is 1. The molecular formula is C18H23N3OS. The van der Waals surface area contributed by atoms with Gasteiger partial charge in [0.05, 0.1) is 5.69 Å². The summed E-state index contributed by atoms with van der Waals surface area (Å²) in [6.07, 6.45) is 2.99. The van der Waals surface area contributed by atoms with Gasteiger partial charge in [-0.2, -0.15) is 0 Å². The number of rotatable bonds is 4. The number of hydrogen-bond donors (Lipinski definition) is 1. The van der Waals surface area contributed by atoms with E-state index in [4.69, 9.17) is 4.98 Å². The number of piperidine rings is 1. The first-order chi connectivity index (χ1) is 11.2. The fourth-order valence-corrected chi connectivity index (χ4v) is 3.60. The van der Waals surface area contributed by atoms with Gasteiger partial charge in [-0.15, -0.1) is 11.3 Å². The first-order valence-corrected chi connectivity index (χ1v) is 9.14. The number of nitrogens with zero attached hydrogens (tertiary/aromatic N) is 2. The predicted molar refractivity (Wildman–Crippen MR) is 97.1 cm³/mol. The van der Waals surface area contributed by atoms with Gasteiger partial charge in [0.2, 0.25) is 5.91 Å². The average molecular weight is 329 g/mol. The number of carbonyl (C=O) groups is 1. The van der Waals surface area contributed by atoms with Crippen LogP contribution in [0.1, 0.15) is 33.1 Å². The lowest BCUT2D eigenvalue weighted by atomic mass is 10.00. The normalized spacial score (nSPS) is 15.7. The van der Waals surface area contributed by atoms with Crippen LogP contribution >= 0.6 is 11.3 Å². The molecule has 1 fully saturated rings. The molecular weight excluding hydrogens is 306 g/mol. The van der Waals surface area contributed by atoms with Crippen LogP contribution in [0.15, 0.2) is 29.6 Å². The van der Waals surface area contributed by atoms with Crippen LogP contribution in [0.4, 0.5) is 10.8 Å². The Labute approximate surface area is 141 Å². The molecule has 0 aliphatic carbocycles. The van der Waals surface area contributed by atoms with E-state index in [2.05, 4.69) is 22.5 Å². The summed E-state index contributed by atoms with van der Waals surface area (Å²) in [6.45, 7) is 6.39. The van der Waals surface area contributed by atoms with Crippen LogP contribution in [0, 0.1) is 5.92 Å². The van der Waals surface area contributed by atoms with Gasteiger partial charge in [-0.3, -0.25) is 4.79 Å². The maximum absolute atomic E-state index is 11.4. The SMILES string of the molecule is CCC(=O)Nc1ccc(-c2csc(N3CCC(C)CC3)n2)cc1. The highest BCUT2D eigenvalue weighted by Gasteiger charge is 2.18. The van der Waals surface area contributed by atoms with Crippen molar-refractivity contribution in [2.75, 3.05) is 23.3 Å². The third-order valence-electron chi connectivity index (χ3n) is 4.33. The summed E-state index contributed by atoms with van der Waals surface area (Å²) >= 11 is 1.72. The maximum Gasteiger partial charge on any atom is 0.224 e. The molecule has 0 atom stereocenters. The van der Waals surface area contributed by atoms with Crippen molar-refractivity contribution >= 4 is 28.1 Å². The van der Waals surface area contributed by atoms with E-state index in [9.17, 15) is 4.79 Å². The van der Waals surface area contributed by atoms with E-state index < -0.39 is 0 Å². The second-order valence-electron chi connectivity index (χ2n) is 6.16. The van der Waals surface area contributed by atoms with E-state index in [1.54, 1.807) is 11.3 Å². The maximum atomic E-state index is 11.4. The number of hydrogen-bond acceptors (Lipinski definition) is 4. The smallest absolute Gasteiger partial charge is 0.224 e. The fraction of sp³-hybridized carbons (Fsp3) is 0.444. The number of aromatic nitrogens is 1. The van der Waals surface area contributed by atoms with Gasteiger partial charge in [0.15, 0.2) is 5.13 Å². The number of amides is 1. The Morgan fingerprint density at radius 1 is 1.30 bits per heavy atom. The molecule has 0 unspecified atom stereocenters. The number of carbonyl (C=O) groups excluding carboxylic acids is 1. The van der Waals surface area contributed by atoms with Gasteiger partial charge in [-0.25, -0.2) is 4.98 Å². The summed E-state index contributed by atoms with van der Waals surface area (Å²) in [5.41, 5.74) is 2.94. The Morgan fingerprint density at radius 2 is 2.00 bits per heavy atom. The Hall–Kier alpha value is -1.88. The molecule has 5 heteroatoms. The third kappa shape index (κ3) is 3.91. The summed E-state index contributed by atoms with van der Waals surface area (Å²) < 4.78 is 0. The average Bonchev–Trinajstić information content (AvgIpc) is 3.06. The predicted octanol–water partition coefficient (Wildman–Crippen LogP) is 4.39. The van der Waals surface area contributed by atoms with Gasteiger partial charge in [-0.1, -0.05) is 26.0 Å². The highest BCUT2D eigenvalue weighted by Crippen LogP contribution is 2.30. The fourth-order valence-electron chi connectivity index (χ4n) is 2.72. The van der Waals surface area contributed by atoms with Crippen LogP contribution < -0.4 is 10.2 Å². The first-order valence-electron chi connectivity index (χ1n) is 8.26. The van der Waals surface area contributed by atoms with Gasteiger partial charge in [0.1, 0.15) is 0 Å². The molecule has 0 radical (unpaired) electrons. The van der Waals surface area contributed by atoms with E-state index in [1.165, 1.54) is 12.8 Å². The van der Waals surface area contributed by atoms with Crippen molar-refractivity contribution in [2.45, 2.75) is 33.1 Å². The van der Waals surface area contributed by atoms with Gasteiger partial charge in [-0.05, 0) is 30.9 Å². The molecule has 1 N–H and O–H groups in total. The molecule has 23 heavy (non-hydrogen) atoms. The highest BCUT2D eigenvalue weighted by atomic mass is 32.1. The van der Waals surface area contributed by atoms with Gasteiger partial charge >= 0.3 is 0 Å². The van der Waals surface area contributed by atoms with Gasteiger partial charge < -0.3 is 10.2 Å². The van der Waals surface area contributed by atoms with Crippen LogP contribution in [0.25, 0.3) is 11.3 Å². The standard InChI is InChI=1S/C18H23N3OS/c1-3-17(22)19-15-6-4-14(5-7-15)16-12-23-18(20-16)21-10-8-13(2)9-11-21/h4-7,12-13H,3,8-11H2,1-2H3,(H,19,22). The molecule has 0 spiro atoms. The van der Waals surface area contributed by atoms with Crippen LogP contribution in [0.5, 0.6) is 0 Å². The van der Waals surface area contributed by atoms with Crippen molar-refractivity contribution in [2.24, 2.45) is 5.92 Å². The van der Waals surface area contributed by atoms with Crippen molar-refractivity contribution in [3.8, 4) is 11.3 Å². The van der Waals surface area contributed by atoms with Crippen molar-refractivity contribution in [1.29, 1.82) is 0 Å². The molecule has 1 aromatic carbocycles. The molecule has 0 bridgehead atoms. The number of benzene rings is 1. The van der Waals surface area contributed by atoms with E-state index >= 15 is 0 Å². The quantitative estimate of drug-likeness (QED) is 0.904. The second-order valence-corrected chi connectivity index (χ2v) is 7.00. The first kappa shape index (κ1) is 16.0. The Balaban J connectivity index is 1.69. The number of thiazole rings is 1. The van der Waals surface area contributed by atoms with Crippen LogP contribution in [-0.4, -0.2) is 24.0 Å². The zero-order chi connectivity index (χ0) is 16.2. The minimum absolute atomic E-state index is 0.0352. The topological polar surface area (TPSA) is 45.2 Å². The zero-order valence-corrected chi connectivity index (χ0v) is 14.5. The summed E-state index contributed by atoms with van der Waals surface area (Å²) in [5, 5.41) is 6.10. The largest absolute Gasteiger partial charge is 0.348 e. The highest BCUT2D eigenvalue weighted by molar-refractivity contribution is 7.14. The summed E-state index contributed by atoms with van der Waals surface area (Å²) in [7, 11) is 0. The lowest BCUT2D eigenvalue weighted by Crippen LogP contribution is -2.32. The third-order valence-corrected chi connectivity index (χ3v) is 5.23. The van der Waals surface area contributed by atoms with Crippen LogP contribution in [0.3, 0.4) is 0 Å². The molecule has 1 aromatic heterocycles. The van der Waals surface area contributed by atoms with Crippen molar-refractivity contribution in [1.82, 2.24) is 4.98 Å².